The van der Waals surface area contributed by atoms with Crippen LogP contribution in [0.3, 0.4) is 0 Å². The van der Waals surface area contributed by atoms with E-state index in [9.17, 15) is 30.6 Å². The monoisotopic (exact) mass is 697 g/mol. The second-order valence-electron chi connectivity index (χ2n) is 10.1. The molecule has 0 saturated carbocycles. The van der Waals surface area contributed by atoms with Gasteiger partial charge in [-0.05, 0) is 78.2 Å². The van der Waals surface area contributed by atoms with Crippen molar-refractivity contribution in [3.63, 3.8) is 0 Å². The molecule has 1 aliphatic rings. The predicted molar refractivity (Wildman–Crippen MR) is 181 cm³/mol. The number of alkyl halides is 3. The van der Waals surface area contributed by atoms with Gasteiger partial charge in [-0.3, -0.25) is 9.59 Å². The van der Waals surface area contributed by atoms with E-state index in [4.69, 9.17) is 15.1 Å². The van der Waals surface area contributed by atoms with Crippen molar-refractivity contribution in [3.8, 4) is 11.1 Å². The fraction of sp³-hybridized carbons (Fsp3) is 0.378. The third-order valence-corrected chi connectivity index (χ3v) is 7.77. The molecule has 3 aromatic carbocycles. The van der Waals surface area contributed by atoms with Crippen LogP contribution in [0, 0.1) is 11.7 Å². The molecule has 1 aromatic heterocycles. The first kappa shape index (κ1) is 19.3. The summed E-state index contributed by atoms with van der Waals surface area (Å²) in [4.78, 5) is 31.7. The molecule has 0 saturated heterocycles. The van der Waals surface area contributed by atoms with Gasteiger partial charge in [0.05, 0.1) is 13.8 Å². The van der Waals surface area contributed by atoms with Crippen LogP contribution in [-0.4, -0.2) is 51.2 Å². The predicted octanol–water partition coefficient (Wildman–Crippen LogP) is 7.47. The summed E-state index contributed by atoms with van der Waals surface area (Å²) >= 11 is 0.410. The minimum atomic E-state index is -4.68. The Morgan fingerprint density at radius 1 is 0.979 bits per heavy atom. The molecule has 1 amide bonds. The maximum absolute atomic E-state index is 15.3. The van der Waals surface area contributed by atoms with Crippen LogP contribution in [0.15, 0.2) is 82.7 Å². The molecule has 254 valence electrons. The van der Waals surface area contributed by atoms with Crippen LogP contribution in [0.4, 0.5) is 17.6 Å². The molecule has 1 heterocycles. The van der Waals surface area contributed by atoms with Crippen LogP contribution >= 0.6 is 11.8 Å². The van der Waals surface area contributed by atoms with E-state index in [2.05, 4.69) is 4.98 Å². The standard InChI is InChI=1S/C37H40F4N4O2S/c1-4-43(5-2)18-19-44(22-26-6-10-28(11-7-26)29-12-14-30(15-13-29)37(39,40)41)34(46)23-45-33-21-25(3)20-32(33)35(47)42-36(45)48-24-27-8-16-31(38)17-9-27/h6-17,25H,4-5,18-24H2,1-3H3/i4D2,5D2,18D2,19D2,20D2,21D2,22D2,23D2,25D. The number of carbonyl (C=O) groups is 1. The van der Waals surface area contributed by atoms with Crippen LogP contribution < -0.4 is 5.56 Å². The molecule has 0 fully saturated rings. The molecule has 48 heavy (non-hydrogen) atoms. The molecule has 5 rings (SSSR count). The fourth-order valence-corrected chi connectivity index (χ4v) is 5.28. The van der Waals surface area contributed by atoms with Gasteiger partial charge in [0.15, 0.2) is 5.16 Å². The zero-order chi connectivity index (χ0) is 49.7. The number of benzene rings is 3. The summed E-state index contributed by atoms with van der Waals surface area (Å²) < 4.78 is 205. The van der Waals surface area contributed by atoms with Gasteiger partial charge in [0.25, 0.3) is 5.56 Å². The molecule has 0 bridgehead atoms. The van der Waals surface area contributed by atoms with Gasteiger partial charge < -0.3 is 14.4 Å². The molecule has 1 unspecified atom stereocenters. The van der Waals surface area contributed by atoms with Gasteiger partial charge >= 0.3 is 6.18 Å². The van der Waals surface area contributed by atoms with Crippen molar-refractivity contribution in [2.45, 2.75) is 63.6 Å². The quantitative estimate of drug-likeness (QED) is 0.0825. The van der Waals surface area contributed by atoms with Crippen molar-refractivity contribution in [2.75, 3.05) is 26.0 Å². The lowest BCUT2D eigenvalue weighted by molar-refractivity contribution is -0.137. The van der Waals surface area contributed by atoms with E-state index in [1.54, 1.807) is 0 Å². The van der Waals surface area contributed by atoms with Crippen molar-refractivity contribution in [1.29, 1.82) is 0 Å². The highest BCUT2D eigenvalue weighted by Crippen LogP contribution is 2.32. The van der Waals surface area contributed by atoms with Crippen LogP contribution in [0.1, 0.15) is 72.0 Å². The summed E-state index contributed by atoms with van der Waals surface area (Å²) in [7, 11) is 0. The van der Waals surface area contributed by atoms with Crippen molar-refractivity contribution in [2.24, 2.45) is 5.89 Å². The van der Waals surface area contributed by atoms with Gasteiger partial charge in [0.1, 0.15) is 12.3 Å². The highest BCUT2D eigenvalue weighted by atomic mass is 32.2. The zero-order valence-corrected chi connectivity index (χ0v) is 26.5. The number of hydrogen-bond acceptors (Lipinski definition) is 5. The third-order valence-electron chi connectivity index (χ3n) is 6.77. The summed E-state index contributed by atoms with van der Waals surface area (Å²) in [5, 5.41) is -0.921. The molecule has 0 radical (unpaired) electrons. The van der Waals surface area contributed by atoms with Crippen LogP contribution in [-0.2, 0) is 42.5 Å². The van der Waals surface area contributed by atoms with E-state index < -0.39 is 114 Å². The molecule has 0 aliphatic heterocycles. The second kappa shape index (κ2) is 15.5. The molecule has 11 heteroatoms. The largest absolute Gasteiger partial charge is 0.416 e. The molecule has 4 aromatic rings. The Bertz CT molecular complexity index is 2500. The fourth-order valence-electron chi connectivity index (χ4n) is 4.37. The Labute approximate surface area is 306 Å². The number of aromatic nitrogens is 2. The van der Waals surface area contributed by atoms with Crippen molar-refractivity contribution in [1.82, 2.24) is 19.4 Å². The third kappa shape index (κ3) is 8.73. The SMILES string of the molecule is [2H]C([2H])(C)N(C([2H])([2H])C)C([2H])([2H])C([2H])([2H])N(C(=O)C([2H])([2H])n1c(SCc2ccc(F)cc2)nc(=O)c2c1C([2H])([2H])C([2H])(C)C2([2H])[2H])C([2H])([2H])c1ccc(-c2ccc(C(F)(F)F)cc2)cc1. The van der Waals surface area contributed by atoms with Crippen LogP contribution in [0.2, 0.25) is 0 Å². The maximum atomic E-state index is 15.3. The summed E-state index contributed by atoms with van der Waals surface area (Å²) in [5.41, 5.74) is -5.21. The number of amides is 1. The Kier molecular flexibility index (Phi) is 6.23. The lowest BCUT2D eigenvalue weighted by Gasteiger charge is -2.28. The molecule has 0 N–H and O–H groups in total. The minimum Gasteiger partial charge on any atom is -0.336 e. The first-order chi connectivity index (χ1) is 29.2. The van der Waals surface area contributed by atoms with Crippen molar-refractivity contribution < 1.29 is 45.7 Å². The number of halogens is 4. The number of thioether (sulfide) groups is 1. The van der Waals surface area contributed by atoms with Gasteiger partial charge in [0.2, 0.25) is 5.91 Å². The Morgan fingerprint density at radius 3 is 2.19 bits per heavy atom. The van der Waals surface area contributed by atoms with E-state index in [0.717, 1.165) is 67.6 Å². The van der Waals surface area contributed by atoms with Gasteiger partial charge in [-0.25, -0.2) is 4.39 Å². The smallest absolute Gasteiger partial charge is 0.336 e. The number of fused-ring (bicyclic) bond motifs is 1. The summed E-state index contributed by atoms with van der Waals surface area (Å²) in [6, 6.07) is 12.3. The number of likely N-dealkylation sites (N-methyl/N-ethyl adjacent to an activating group) is 1. The first-order valence-electron chi connectivity index (χ1n) is 22.7. The van der Waals surface area contributed by atoms with Crippen molar-refractivity contribution >= 4 is 17.7 Å². The lowest BCUT2D eigenvalue weighted by atomic mass is 10.0. The van der Waals surface area contributed by atoms with E-state index >= 15 is 4.79 Å². The highest BCUT2D eigenvalue weighted by Gasteiger charge is 2.30. The normalized spacial score (nSPS) is 25.0. The van der Waals surface area contributed by atoms with E-state index in [-0.39, 0.29) is 31.9 Å². The van der Waals surface area contributed by atoms with Crippen molar-refractivity contribution in [3.05, 3.63) is 117 Å². The molecule has 0 spiro atoms. The first-order valence-corrected chi connectivity index (χ1v) is 15.2. The van der Waals surface area contributed by atoms with E-state index in [1.165, 1.54) is 12.1 Å². The van der Waals surface area contributed by atoms with E-state index in [1.807, 2.05) is 0 Å². The second-order valence-corrected chi connectivity index (χ2v) is 11.0. The van der Waals surface area contributed by atoms with Gasteiger partial charge in [-0.2, -0.15) is 18.2 Å². The summed E-state index contributed by atoms with van der Waals surface area (Å²) in [6.07, 6.45) is -11.4. The molecule has 1 atom stereocenters. The number of rotatable bonds is 13. The van der Waals surface area contributed by atoms with Gasteiger partial charge in [0, 0.05) is 51.6 Å². The highest BCUT2D eigenvalue weighted by molar-refractivity contribution is 7.98. The Morgan fingerprint density at radius 2 is 1.58 bits per heavy atom. The molecule has 1 aliphatic carbocycles. The number of carbonyl (C=O) groups excluding carboxylic acids is 1. The van der Waals surface area contributed by atoms with Crippen LogP contribution in [0.5, 0.6) is 0 Å². The van der Waals surface area contributed by atoms with E-state index in [0.29, 0.717) is 25.6 Å². The molecular formula is C37H40F4N4O2S. The lowest BCUT2D eigenvalue weighted by Crippen LogP contribution is -2.40. The summed E-state index contributed by atoms with van der Waals surface area (Å²) in [6.45, 7) is -20.9. The minimum absolute atomic E-state index is 0.0380. The Balaban J connectivity index is 1.82. The van der Waals surface area contributed by atoms with Crippen LogP contribution in [0.25, 0.3) is 11.1 Å². The average molecular weight is 698 g/mol. The topological polar surface area (TPSA) is 58.4 Å². The molecular weight excluding hydrogens is 640 g/mol. The van der Waals surface area contributed by atoms with Gasteiger partial charge in [-0.15, -0.1) is 0 Å². The summed E-state index contributed by atoms with van der Waals surface area (Å²) in [5.74, 6) is -6.43. The zero-order valence-electron chi connectivity index (χ0n) is 42.7. The maximum Gasteiger partial charge on any atom is 0.416 e. The average Bonchev–Trinajstić information content (AvgIpc) is 3.25. The number of nitrogens with zero attached hydrogens (tertiary/aromatic N) is 4. The Hall–Kier alpha value is -3.96. The molecule has 6 nitrogen and oxygen atoms in total. The van der Waals surface area contributed by atoms with Gasteiger partial charge in [-0.1, -0.05) is 81.1 Å². The number of hydrogen-bond donors (Lipinski definition) is 0.